The standard InChI is InChI=1S/C35H42N6O4S/c1-22-5-11-28(46-41-13-15-45-16-14-41)20-30(22)26-4-2-3-24(17-26)18-32(38-33(42)25-8-6-23(21-36)7-9-25)35(44)37-27-10-12-29-31(19-27)39-40-34(29)43/h2-5,10-12,17,19-20,23,25,32H,6-9,13-16,18,21,36H2,1H3,(H,37,44)(H,38,42)(H2,39,40,43)/t23?,25?,32-/m0/s1. The number of nitrogens with zero attached hydrogens (tertiary/aromatic N) is 1. The van der Waals surface area contributed by atoms with Gasteiger partial charge in [0.05, 0.1) is 24.1 Å². The molecule has 2 aliphatic rings. The fourth-order valence-corrected chi connectivity index (χ4v) is 7.29. The molecular formula is C35H42N6O4S. The van der Waals surface area contributed by atoms with E-state index in [-0.39, 0.29) is 23.3 Å². The van der Waals surface area contributed by atoms with Crippen LogP contribution in [0, 0.1) is 18.8 Å². The first kappa shape index (κ1) is 32.1. The van der Waals surface area contributed by atoms with E-state index in [0.29, 0.717) is 35.5 Å². The molecule has 242 valence electrons. The summed E-state index contributed by atoms with van der Waals surface area (Å²) in [6.45, 7) is 6.02. The number of ether oxygens (including phenoxy) is 1. The van der Waals surface area contributed by atoms with Crippen LogP contribution in [0.15, 0.2) is 70.4 Å². The molecule has 1 saturated heterocycles. The Balaban J connectivity index is 1.22. The van der Waals surface area contributed by atoms with Crippen molar-refractivity contribution >= 4 is 40.4 Å². The smallest absolute Gasteiger partial charge is 0.271 e. The van der Waals surface area contributed by atoms with Gasteiger partial charge in [-0.15, -0.1) is 0 Å². The average molecular weight is 643 g/mol. The van der Waals surface area contributed by atoms with E-state index >= 15 is 0 Å². The largest absolute Gasteiger partial charge is 0.379 e. The van der Waals surface area contributed by atoms with Gasteiger partial charge >= 0.3 is 0 Å². The highest BCUT2D eigenvalue weighted by atomic mass is 32.2. The number of carbonyl (C=O) groups is 2. The summed E-state index contributed by atoms with van der Waals surface area (Å²) in [5.41, 5.74) is 11.1. The number of hydrogen-bond acceptors (Lipinski definition) is 7. The number of fused-ring (bicyclic) bond motifs is 1. The Kier molecular flexibility index (Phi) is 10.2. The van der Waals surface area contributed by atoms with Crippen LogP contribution in [0.1, 0.15) is 36.8 Å². The van der Waals surface area contributed by atoms with Crippen molar-refractivity contribution in [1.29, 1.82) is 0 Å². The molecule has 6 N–H and O–H groups in total. The molecule has 0 spiro atoms. The minimum atomic E-state index is -0.791. The highest BCUT2D eigenvalue weighted by molar-refractivity contribution is 7.97. The second kappa shape index (κ2) is 14.7. The first-order chi connectivity index (χ1) is 22.4. The summed E-state index contributed by atoms with van der Waals surface area (Å²) in [6, 6.07) is 19.0. The number of aromatic nitrogens is 2. The van der Waals surface area contributed by atoms with Gasteiger partial charge < -0.3 is 21.1 Å². The number of amides is 2. The topological polar surface area (TPSA) is 145 Å². The van der Waals surface area contributed by atoms with Crippen LogP contribution >= 0.6 is 11.9 Å². The van der Waals surface area contributed by atoms with Crippen LogP contribution in [-0.4, -0.2) is 65.2 Å². The molecule has 1 aliphatic carbocycles. The normalized spacial score (nSPS) is 19.5. The van der Waals surface area contributed by atoms with Crippen molar-refractivity contribution in [2.75, 3.05) is 38.2 Å². The van der Waals surface area contributed by atoms with Gasteiger partial charge in [-0.25, -0.2) is 4.31 Å². The maximum Gasteiger partial charge on any atom is 0.271 e. The number of rotatable bonds is 10. The molecule has 0 unspecified atom stereocenters. The molecule has 0 bridgehead atoms. The highest BCUT2D eigenvalue weighted by Gasteiger charge is 2.29. The lowest BCUT2D eigenvalue weighted by Crippen LogP contribution is -2.48. The Morgan fingerprint density at radius 2 is 1.83 bits per heavy atom. The third-order valence-corrected chi connectivity index (χ3v) is 10.2. The lowest BCUT2D eigenvalue weighted by Gasteiger charge is -2.28. The second-order valence-electron chi connectivity index (χ2n) is 12.4. The van der Waals surface area contributed by atoms with E-state index < -0.39 is 6.04 Å². The van der Waals surface area contributed by atoms with Gasteiger partial charge in [-0.2, -0.15) is 0 Å². The van der Waals surface area contributed by atoms with Crippen LogP contribution in [0.3, 0.4) is 0 Å². The molecule has 1 aromatic heterocycles. The Morgan fingerprint density at radius 3 is 2.61 bits per heavy atom. The summed E-state index contributed by atoms with van der Waals surface area (Å²) in [5, 5.41) is 12.0. The molecule has 11 heteroatoms. The molecule has 0 radical (unpaired) electrons. The maximum absolute atomic E-state index is 13.8. The van der Waals surface area contributed by atoms with Gasteiger partial charge in [-0.1, -0.05) is 30.3 Å². The number of H-pyrrole nitrogens is 2. The highest BCUT2D eigenvalue weighted by Crippen LogP contribution is 2.32. The number of anilines is 1. The molecule has 3 aromatic carbocycles. The van der Waals surface area contributed by atoms with Crippen molar-refractivity contribution in [2.45, 2.75) is 50.0 Å². The van der Waals surface area contributed by atoms with Crippen LogP contribution in [0.2, 0.25) is 0 Å². The second-order valence-corrected chi connectivity index (χ2v) is 13.5. The van der Waals surface area contributed by atoms with Crippen molar-refractivity contribution in [1.82, 2.24) is 19.8 Å². The third-order valence-electron chi connectivity index (χ3n) is 9.12. The fraction of sp³-hybridized carbons (Fsp3) is 0.400. The summed E-state index contributed by atoms with van der Waals surface area (Å²) in [7, 11) is 0. The fourth-order valence-electron chi connectivity index (χ4n) is 6.36. The van der Waals surface area contributed by atoms with Crippen LogP contribution in [-0.2, 0) is 20.7 Å². The number of aromatic amines is 2. The number of morpholine rings is 1. The molecule has 4 aromatic rings. The van der Waals surface area contributed by atoms with Crippen molar-refractivity contribution in [3.63, 3.8) is 0 Å². The van der Waals surface area contributed by atoms with E-state index in [1.807, 2.05) is 12.1 Å². The zero-order valence-electron chi connectivity index (χ0n) is 26.1. The lowest BCUT2D eigenvalue weighted by atomic mass is 9.81. The molecule has 2 amide bonds. The van der Waals surface area contributed by atoms with Gasteiger partial charge in [0, 0.05) is 36.0 Å². The van der Waals surface area contributed by atoms with Crippen molar-refractivity contribution in [3.8, 4) is 11.1 Å². The molecule has 1 aliphatic heterocycles. The van der Waals surface area contributed by atoms with Gasteiger partial charge in [0.25, 0.3) is 5.56 Å². The summed E-state index contributed by atoms with van der Waals surface area (Å²) >= 11 is 1.75. The van der Waals surface area contributed by atoms with Crippen molar-refractivity contribution in [2.24, 2.45) is 17.6 Å². The molecule has 10 nitrogen and oxygen atoms in total. The Morgan fingerprint density at radius 1 is 1.02 bits per heavy atom. The molecule has 46 heavy (non-hydrogen) atoms. The number of carbonyl (C=O) groups excluding carboxylic acids is 2. The van der Waals surface area contributed by atoms with Crippen LogP contribution in [0.5, 0.6) is 0 Å². The predicted molar refractivity (Wildman–Crippen MR) is 183 cm³/mol. The first-order valence-electron chi connectivity index (χ1n) is 16.1. The summed E-state index contributed by atoms with van der Waals surface area (Å²) in [6.07, 6.45) is 3.71. The van der Waals surface area contributed by atoms with Crippen LogP contribution in [0.4, 0.5) is 5.69 Å². The molecule has 2 heterocycles. The van der Waals surface area contributed by atoms with E-state index in [2.05, 4.69) is 62.4 Å². The van der Waals surface area contributed by atoms with Gasteiger partial charge in [-0.3, -0.25) is 24.6 Å². The van der Waals surface area contributed by atoms with Crippen LogP contribution < -0.4 is 21.9 Å². The summed E-state index contributed by atoms with van der Waals surface area (Å²) in [5.74, 6) is -0.0948. The van der Waals surface area contributed by atoms with Gasteiger partial charge in [0.2, 0.25) is 11.8 Å². The number of nitrogens with one attached hydrogen (secondary N) is 4. The first-order valence-corrected chi connectivity index (χ1v) is 16.9. The van der Waals surface area contributed by atoms with E-state index in [1.54, 1.807) is 30.1 Å². The molecule has 1 saturated carbocycles. The minimum absolute atomic E-state index is 0.0964. The average Bonchev–Trinajstić information content (AvgIpc) is 3.45. The predicted octanol–water partition coefficient (Wildman–Crippen LogP) is 4.60. The van der Waals surface area contributed by atoms with Gasteiger partial charge in [0.1, 0.15) is 6.04 Å². The minimum Gasteiger partial charge on any atom is -0.379 e. The van der Waals surface area contributed by atoms with Crippen LogP contribution in [0.25, 0.3) is 22.0 Å². The quantitative estimate of drug-likeness (QED) is 0.159. The van der Waals surface area contributed by atoms with E-state index in [4.69, 9.17) is 10.5 Å². The number of nitrogens with two attached hydrogens (primary N) is 1. The maximum atomic E-state index is 13.8. The van der Waals surface area contributed by atoms with Gasteiger partial charge in [-0.05, 0) is 110 Å². The Bertz CT molecular complexity index is 1740. The van der Waals surface area contributed by atoms with Crippen molar-refractivity contribution in [3.05, 3.63) is 82.1 Å². The monoisotopic (exact) mass is 642 g/mol. The zero-order valence-corrected chi connectivity index (χ0v) is 27.0. The number of hydrogen-bond donors (Lipinski definition) is 5. The summed E-state index contributed by atoms with van der Waals surface area (Å²) < 4.78 is 7.83. The number of benzene rings is 3. The number of aryl methyl sites for hydroxylation is 1. The van der Waals surface area contributed by atoms with Gasteiger partial charge in [0.15, 0.2) is 0 Å². The third kappa shape index (κ3) is 7.72. The van der Waals surface area contributed by atoms with E-state index in [1.165, 1.54) is 4.90 Å². The van der Waals surface area contributed by atoms with E-state index in [9.17, 15) is 14.4 Å². The lowest BCUT2D eigenvalue weighted by molar-refractivity contribution is -0.130. The SMILES string of the molecule is Cc1ccc(SN2CCOCC2)cc1-c1cccc(C[C@H](NC(=O)C2CCC(CN)CC2)C(=O)Nc2ccc3c(=O)[nH][nH]c3c2)c1. The Hall–Kier alpha value is -3.90. The Labute approximate surface area is 273 Å². The molecular weight excluding hydrogens is 600 g/mol. The van der Waals surface area contributed by atoms with Crippen molar-refractivity contribution < 1.29 is 14.3 Å². The molecule has 6 rings (SSSR count). The molecule has 1 atom stereocenters. The van der Waals surface area contributed by atoms with E-state index in [0.717, 1.165) is 74.2 Å². The molecule has 2 fully saturated rings. The summed E-state index contributed by atoms with van der Waals surface area (Å²) in [4.78, 5) is 40.4. The zero-order chi connectivity index (χ0) is 32.0.